The molecular formula is C28H40N2O8. The standard InChI is InChI=1S/C28H40N2O8/c1-7-12-36-23-16-21(15-22(25(31)34-5)24(23)26(32)35-6)37-20-13-19(14-20)29-17-18-8-10-30(11-9-18)27(33)38-28(2,3)4/h7,15-16,18-20,29H,1,8-14,17H2,2-6H3/t19-,20-. The molecule has 1 amide bonds. The molecule has 2 aliphatic rings. The SMILES string of the molecule is C=CCOc1cc(O[C@H]2C[C@H](NCC3CCN(C(=O)OC(C)(C)C)CC3)C2)cc(C(=O)OC)c1C(=O)OC. The van der Waals surface area contributed by atoms with Gasteiger partial charge < -0.3 is 33.9 Å². The molecule has 10 heteroatoms. The quantitative estimate of drug-likeness (QED) is 0.272. The molecular weight excluding hydrogens is 492 g/mol. The van der Waals surface area contributed by atoms with Crippen LogP contribution in [0.3, 0.4) is 0 Å². The Hall–Kier alpha value is -3.27. The minimum atomic E-state index is -0.708. The van der Waals surface area contributed by atoms with Gasteiger partial charge in [0.1, 0.15) is 35.4 Å². The van der Waals surface area contributed by atoms with E-state index in [2.05, 4.69) is 11.9 Å². The second-order valence-electron chi connectivity index (χ2n) is 10.7. The molecule has 1 aromatic rings. The minimum Gasteiger partial charge on any atom is -0.490 e. The van der Waals surface area contributed by atoms with Crippen LogP contribution in [-0.4, -0.2) is 81.1 Å². The van der Waals surface area contributed by atoms with Crippen LogP contribution in [0.25, 0.3) is 0 Å². The molecule has 0 atom stereocenters. The van der Waals surface area contributed by atoms with Crippen molar-refractivity contribution in [1.29, 1.82) is 0 Å². The van der Waals surface area contributed by atoms with Crippen molar-refractivity contribution < 1.29 is 38.1 Å². The predicted octanol–water partition coefficient (Wildman–Crippen LogP) is 3.97. The Bertz CT molecular complexity index is 1000. The number of nitrogens with one attached hydrogen (secondary N) is 1. The van der Waals surface area contributed by atoms with E-state index in [1.807, 2.05) is 20.8 Å². The van der Waals surface area contributed by atoms with E-state index in [4.69, 9.17) is 23.7 Å². The molecule has 10 nitrogen and oxygen atoms in total. The Morgan fingerprint density at radius 2 is 1.74 bits per heavy atom. The van der Waals surface area contributed by atoms with Crippen molar-refractivity contribution in [2.45, 2.75) is 64.2 Å². The molecule has 38 heavy (non-hydrogen) atoms. The highest BCUT2D eigenvalue weighted by Crippen LogP contribution is 2.34. The zero-order chi connectivity index (χ0) is 27.9. The van der Waals surface area contributed by atoms with Gasteiger partial charge in [-0.3, -0.25) is 0 Å². The number of nitrogens with zero attached hydrogens (tertiary/aromatic N) is 1. The molecule has 210 valence electrons. The third kappa shape index (κ3) is 7.86. The maximum atomic E-state index is 12.4. The molecule has 0 aromatic heterocycles. The molecule has 1 heterocycles. The van der Waals surface area contributed by atoms with Crippen molar-refractivity contribution in [3.63, 3.8) is 0 Å². The molecule has 1 saturated carbocycles. The zero-order valence-corrected chi connectivity index (χ0v) is 23.0. The maximum Gasteiger partial charge on any atom is 0.410 e. The van der Waals surface area contributed by atoms with E-state index in [0.717, 1.165) is 32.2 Å². The van der Waals surface area contributed by atoms with Crippen LogP contribution in [0.2, 0.25) is 0 Å². The maximum absolute atomic E-state index is 12.4. The van der Waals surface area contributed by atoms with Crippen LogP contribution >= 0.6 is 0 Å². The number of rotatable bonds is 10. The number of ether oxygens (including phenoxy) is 5. The topological polar surface area (TPSA) is 113 Å². The molecule has 2 fully saturated rings. The van der Waals surface area contributed by atoms with Crippen LogP contribution in [0.15, 0.2) is 24.8 Å². The lowest BCUT2D eigenvalue weighted by Crippen LogP contribution is -2.49. The fourth-order valence-corrected chi connectivity index (χ4v) is 4.50. The first-order valence-corrected chi connectivity index (χ1v) is 13.0. The molecule has 0 bridgehead atoms. The first-order chi connectivity index (χ1) is 18.0. The van der Waals surface area contributed by atoms with Crippen molar-refractivity contribution >= 4 is 18.0 Å². The van der Waals surface area contributed by atoms with Crippen molar-refractivity contribution in [3.8, 4) is 11.5 Å². The van der Waals surface area contributed by atoms with Gasteiger partial charge in [0.2, 0.25) is 0 Å². The second-order valence-corrected chi connectivity index (χ2v) is 10.7. The van der Waals surface area contributed by atoms with Crippen LogP contribution in [0, 0.1) is 5.92 Å². The second kappa shape index (κ2) is 13.0. The molecule has 1 aliphatic heterocycles. The van der Waals surface area contributed by atoms with Crippen LogP contribution in [0.1, 0.15) is 67.2 Å². The molecule has 1 saturated heterocycles. The van der Waals surface area contributed by atoms with Gasteiger partial charge in [0.15, 0.2) is 0 Å². The Morgan fingerprint density at radius 3 is 2.32 bits per heavy atom. The average Bonchev–Trinajstić information content (AvgIpc) is 2.86. The van der Waals surface area contributed by atoms with Gasteiger partial charge >= 0.3 is 18.0 Å². The first-order valence-electron chi connectivity index (χ1n) is 13.0. The number of carbonyl (C=O) groups is 3. The minimum absolute atomic E-state index is 0.0144. The number of methoxy groups -OCH3 is 2. The van der Waals surface area contributed by atoms with Gasteiger partial charge in [-0.15, -0.1) is 0 Å². The molecule has 0 radical (unpaired) electrons. The van der Waals surface area contributed by atoms with E-state index in [0.29, 0.717) is 30.8 Å². The van der Waals surface area contributed by atoms with Crippen LogP contribution in [0.5, 0.6) is 11.5 Å². The highest BCUT2D eigenvalue weighted by Gasteiger charge is 2.33. The molecule has 0 spiro atoms. The first kappa shape index (κ1) is 29.3. The van der Waals surface area contributed by atoms with Crippen LogP contribution in [0.4, 0.5) is 4.79 Å². The van der Waals surface area contributed by atoms with Gasteiger partial charge in [0.05, 0.1) is 19.8 Å². The number of benzene rings is 1. The third-order valence-electron chi connectivity index (χ3n) is 6.59. The van der Waals surface area contributed by atoms with Gasteiger partial charge in [0.25, 0.3) is 0 Å². The summed E-state index contributed by atoms with van der Waals surface area (Å²) < 4.78 is 26.9. The normalized spacial score (nSPS) is 19.7. The van der Waals surface area contributed by atoms with E-state index in [-0.39, 0.29) is 35.7 Å². The van der Waals surface area contributed by atoms with E-state index >= 15 is 0 Å². The molecule has 3 rings (SSSR count). The highest BCUT2D eigenvalue weighted by atomic mass is 16.6. The summed E-state index contributed by atoms with van der Waals surface area (Å²) >= 11 is 0. The summed E-state index contributed by atoms with van der Waals surface area (Å²) in [5, 5.41) is 3.61. The zero-order valence-electron chi connectivity index (χ0n) is 23.0. The smallest absolute Gasteiger partial charge is 0.410 e. The lowest BCUT2D eigenvalue weighted by atomic mass is 9.88. The highest BCUT2D eigenvalue weighted by molar-refractivity contribution is 6.05. The van der Waals surface area contributed by atoms with Crippen LogP contribution in [-0.2, 0) is 14.2 Å². The van der Waals surface area contributed by atoms with Gasteiger partial charge in [-0.1, -0.05) is 12.7 Å². The Labute approximate surface area is 224 Å². The summed E-state index contributed by atoms with van der Waals surface area (Å²) in [6.45, 7) is 11.7. The van der Waals surface area contributed by atoms with E-state index in [9.17, 15) is 14.4 Å². The molecule has 0 unspecified atom stereocenters. The Kier molecular flexibility index (Phi) is 10.0. The third-order valence-corrected chi connectivity index (χ3v) is 6.59. The number of esters is 2. The number of likely N-dealkylation sites (tertiary alicyclic amines) is 1. The lowest BCUT2D eigenvalue weighted by Gasteiger charge is -2.38. The summed E-state index contributed by atoms with van der Waals surface area (Å²) in [5.74, 6) is -0.311. The summed E-state index contributed by atoms with van der Waals surface area (Å²) in [6, 6.07) is 3.40. The van der Waals surface area contributed by atoms with Gasteiger partial charge in [-0.2, -0.15) is 0 Å². The Morgan fingerprint density at radius 1 is 1.08 bits per heavy atom. The van der Waals surface area contributed by atoms with Gasteiger partial charge in [0, 0.05) is 25.2 Å². The summed E-state index contributed by atoms with van der Waals surface area (Å²) in [6.07, 6.45) is 4.76. The largest absolute Gasteiger partial charge is 0.490 e. The monoisotopic (exact) mass is 532 g/mol. The number of piperidine rings is 1. The number of amides is 1. The number of carbonyl (C=O) groups excluding carboxylic acids is 3. The summed E-state index contributed by atoms with van der Waals surface area (Å²) in [7, 11) is 2.47. The van der Waals surface area contributed by atoms with Gasteiger partial charge in [-0.05, 0) is 65.0 Å². The fourth-order valence-electron chi connectivity index (χ4n) is 4.50. The van der Waals surface area contributed by atoms with E-state index in [1.54, 1.807) is 11.0 Å². The van der Waals surface area contributed by atoms with Crippen molar-refractivity contribution in [2.24, 2.45) is 5.92 Å². The van der Waals surface area contributed by atoms with E-state index < -0.39 is 17.5 Å². The average molecular weight is 533 g/mol. The van der Waals surface area contributed by atoms with Crippen molar-refractivity contribution in [3.05, 3.63) is 35.9 Å². The predicted molar refractivity (Wildman–Crippen MR) is 141 cm³/mol. The lowest BCUT2D eigenvalue weighted by molar-refractivity contribution is 0.0177. The van der Waals surface area contributed by atoms with Crippen LogP contribution < -0.4 is 14.8 Å². The summed E-state index contributed by atoms with van der Waals surface area (Å²) in [5.41, 5.74) is -0.481. The van der Waals surface area contributed by atoms with Crippen molar-refractivity contribution in [1.82, 2.24) is 10.2 Å². The molecule has 1 N–H and O–H groups in total. The Balaban J connectivity index is 1.51. The number of hydrogen-bond acceptors (Lipinski definition) is 9. The van der Waals surface area contributed by atoms with E-state index in [1.165, 1.54) is 26.4 Å². The summed E-state index contributed by atoms with van der Waals surface area (Å²) in [4.78, 5) is 38.8. The van der Waals surface area contributed by atoms with Crippen molar-refractivity contribution in [2.75, 3.05) is 40.5 Å². The molecule has 1 aliphatic carbocycles. The fraction of sp³-hybridized carbons (Fsp3) is 0.607. The molecule has 1 aromatic carbocycles. The number of hydrogen-bond donors (Lipinski definition) is 1. The van der Waals surface area contributed by atoms with Gasteiger partial charge in [-0.25, -0.2) is 14.4 Å².